The summed E-state index contributed by atoms with van der Waals surface area (Å²) in [6.45, 7) is 2.00. The molecular weight excluding hydrogens is 366 g/mol. The Labute approximate surface area is 158 Å². The van der Waals surface area contributed by atoms with Gasteiger partial charge in [0.2, 0.25) is 10.0 Å². The number of aromatic nitrogens is 2. The number of carbonyl (C=O) groups is 1. The summed E-state index contributed by atoms with van der Waals surface area (Å²) >= 11 is 0. The fraction of sp³-hybridized carbons (Fsp3) is 0.444. The van der Waals surface area contributed by atoms with Crippen LogP contribution in [-0.4, -0.2) is 49.5 Å². The standard InChI is InChI=1S/C18H23N5O3S/c24-17(18(7-10-19-11-8-18)23-13-1-9-20-23)21-15-3-5-16(6-4-15)22-12-2-14-27(22,25)26/h1,3-6,9,13,19H,2,7-8,10-12,14H2,(H,21,24). The SMILES string of the molecule is O=C(Nc1ccc(N2CCCS2(=O)=O)cc1)C1(n2cccn2)CCNCC1. The number of piperidine rings is 1. The Morgan fingerprint density at radius 1 is 1.19 bits per heavy atom. The number of hydrogen-bond acceptors (Lipinski definition) is 5. The highest BCUT2D eigenvalue weighted by Crippen LogP contribution is 2.30. The number of rotatable bonds is 4. The fourth-order valence-corrected chi connectivity index (χ4v) is 5.38. The summed E-state index contributed by atoms with van der Waals surface area (Å²) in [4.78, 5) is 13.1. The zero-order valence-corrected chi connectivity index (χ0v) is 15.8. The van der Waals surface area contributed by atoms with Crippen molar-refractivity contribution >= 4 is 27.3 Å². The summed E-state index contributed by atoms with van der Waals surface area (Å²) < 4.78 is 27.3. The summed E-state index contributed by atoms with van der Waals surface area (Å²) in [5.74, 6) is 0.0839. The maximum atomic E-state index is 13.1. The topological polar surface area (TPSA) is 96.3 Å². The third-order valence-corrected chi connectivity index (χ3v) is 7.18. The van der Waals surface area contributed by atoms with Gasteiger partial charge in [-0.1, -0.05) is 0 Å². The summed E-state index contributed by atoms with van der Waals surface area (Å²) in [7, 11) is -3.21. The van der Waals surface area contributed by atoms with Crippen LogP contribution in [0.4, 0.5) is 11.4 Å². The number of sulfonamides is 1. The molecule has 27 heavy (non-hydrogen) atoms. The van der Waals surface area contributed by atoms with Crippen molar-refractivity contribution in [3.8, 4) is 0 Å². The van der Waals surface area contributed by atoms with E-state index in [4.69, 9.17) is 0 Å². The van der Waals surface area contributed by atoms with Crippen LogP contribution < -0.4 is 14.9 Å². The molecule has 2 saturated heterocycles. The maximum Gasteiger partial charge on any atom is 0.252 e. The Morgan fingerprint density at radius 2 is 1.93 bits per heavy atom. The number of hydrogen-bond donors (Lipinski definition) is 2. The quantitative estimate of drug-likeness (QED) is 0.818. The fourth-order valence-electron chi connectivity index (χ4n) is 3.81. The third kappa shape index (κ3) is 3.32. The Morgan fingerprint density at radius 3 is 2.52 bits per heavy atom. The van der Waals surface area contributed by atoms with Crippen LogP contribution in [0.5, 0.6) is 0 Å². The lowest BCUT2D eigenvalue weighted by Gasteiger charge is -2.36. The molecule has 0 spiro atoms. The summed E-state index contributed by atoms with van der Waals surface area (Å²) in [5.41, 5.74) is 0.561. The van der Waals surface area contributed by atoms with E-state index in [-0.39, 0.29) is 11.7 Å². The highest BCUT2D eigenvalue weighted by Gasteiger charge is 2.42. The van der Waals surface area contributed by atoms with Gasteiger partial charge in [0.25, 0.3) is 5.91 Å². The Kier molecular flexibility index (Phi) is 4.65. The van der Waals surface area contributed by atoms with Crippen molar-refractivity contribution in [1.29, 1.82) is 0 Å². The Bertz CT molecular complexity index is 903. The van der Waals surface area contributed by atoms with Crippen molar-refractivity contribution in [2.45, 2.75) is 24.8 Å². The molecule has 2 N–H and O–H groups in total. The highest BCUT2D eigenvalue weighted by molar-refractivity contribution is 7.93. The molecule has 0 saturated carbocycles. The van der Waals surface area contributed by atoms with E-state index in [1.807, 2.05) is 12.3 Å². The third-order valence-electron chi connectivity index (χ3n) is 5.31. The molecule has 0 unspecified atom stereocenters. The van der Waals surface area contributed by atoms with Crippen molar-refractivity contribution in [2.24, 2.45) is 0 Å². The molecule has 0 atom stereocenters. The number of carbonyl (C=O) groups excluding carboxylic acids is 1. The van der Waals surface area contributed by atoms with Crippen molar-refractivity contribution in [1.82, 2.24) is 15.1 Å². The summed E-state index contributed by atoms with van der Waals surface area (Å²) in [6.07, 6.45) is 5.46. The first-order chi connectivity index (χ1) is 13.0. The van der Waals surface area contributed by atoms with Crippen molar-refractivity contribution in [2.75, 3.05) is 35.0 Å². The van der Waals surface area contributed by atoms with Gasteiger partial charge < -0.3 is 10.6 Å². The van der Waals surface area contributed by atoms with Gasteiger partial charge in [0, 0.05) is 24.6 Å². The van der Waals surface area contributed by atoms with E-state index < -0.39 is 15.6 Å². The van der Waals surface area contributed by atoms with E-state index in [1.165, 1.54) is 4.31 Å². The maximum absolute atomic E-state index is 13.1. The minimum Gasteiger partial charge on any atom is -0.324 e. The normalized spacial score (nSPS) is 21.1. The molecule has 0 radical (unpaired) electrons. The van der Waals surface area contributed by atoms with Gasteiger partial charge in [0.1, 0.15) is 5.54 Å². The number of amides is 1. The molecule has 0 bridgehead atoms. The van der Waals surface area contributed by atoms with Gasteiger partial charge >= 0.3 is 0 Å². The van der Waals surface area contributed by atoms with Gasteiger partial charge in [-0.25, -0.2) is 8.42 Å². The van der Waals surface area contributed by atoms with E-state index in [0.29, 0.717) is 37.2 Å². The first-order valence-corrected chi connectivity index (χ1v) is 10.7. The van der Waals surface area contributed by atoms with Crippen molar-refractivity contribution < 1.29 is 13.2 Å². The molecule has 4 rings (SSSR count). The monoisotopic (exact) mass is 389 g/mol. The van der Waals surface area contributed by atoms with Gasteiger partial charge in [-0.05, 0) is 62.7 Å². The van der Waals surface area contributed by atoms with Gasteiger partial charge in [-0.3, -0.25) is 13.8 Å². The molecule has 2 aliphatic heterocycles. The molecule has 1 aromatic heterocycles. The molecular formula is C18H23N5O3S. The lowest BCUT2D eigenvalue weighted by atomic mass is 9.87. The van der Waals surface area contributed by atoms with Crippen molar-refractivity contribution in [3.05, 3.63) is 42.7 Å². The number of nitrogens with zero attached hydrogens (tertiary/aromatic N) is 3. The molecule has 3 heterocycles. The van der Waals surface area contributed by atoms with E-state index in [2.05, 4.69) is 15.7 Å². The molecule has 0 aliphatic carbocycles. The zero-order valence-electron chi connectivity index (χ0n) is 15.0. The number of nitrogens with one attached hydrogen (secondary N) is 2. The molecule has 1 aromatic carbocycles. The van der Waals surface area contributed by atoms with Crippen LogP contribution in [0.1, 0.15) is 19.3 Å². The first-order valence-electron chi connectivity index (χ1n) is 9.14. The predicted molar refractivity (Wildman–Crippen MR) is 103 cm³/mol. The van der Waals surface area contributed by atoms with Crippen LogP contribution >= 0.6 is 0 Å². The number of benzene rings is 1. The average molecular weight is 389 g/mol. The molecule has 9 heteroatoms. The second-order valence-electron chi connectivity index (χ2n) is 6.97. The summed E-state index contributed by atoms with van der Waals surface area (Å²) in [6, 6.07) is 8.79. The highest BCUT2D eigenvalue weighted by atomic mass is 32.2. The minimum atomic E-state index is -3.21. The van der Waals surface area contributed by atoms with Crippen LogP contribution in [0.2, 0.25) is 0 Å². The van der Waals surface area contributed by atoms with Crippen LogP contribution in [0.25, 0.3) is 0 Å². The predicted octanol–water partition coefficient (Wildman–Crippen LogP) is 1.14. The van der Waals surface area contributed by atoms with Crippen molar-refractivity contribution in [3.63, 3.8) is 0 Å². The number of anilines is 2. The van der Waals surface area contributed by atoms with E-state index in [1.54, 1.807) is 35.1 Å². The minimum absolute atomic E-state index is 0.103. The molecule has 2 aromatic rings. The van der Waals surface area contributed by atoms with Crippen LogP contribution in [0.3, 0.4) is 0 Å². The van der Waals surface area contributed by atoms with Gasteiger partial charge in [0.05, 0.1) is 11.4 Å². The smallest absolute Gasteiger partial charge is 0.252 e. The van der Waals surface area contributed by atoms with Gasteiger partial charge in [-0.2, -0.15) is 5.10 Å². The van der Waals surface area contributed by atoms with Crippen LogP contribution in [0, 0.1) is 0 Å². The Balaban J connectivity index is 1.53. The first kappa shape index (κ1) is 18.0. The molecule has 2 fully saturated rings. The van der Waals surface area contributed by atoms with Gasteiger partial charge in [-0.15, -0.1) is 0 Å². The molecule has 2 aliphatic rings. The second kappa shape index (κ2) is 6.97. The second-order valence-corrected chi connectivity index (χ2v) is 8.99. The molecule has 1 amide bonds. The van der Waals surface area contributed by atoms with E-state index in [0.717, 1.165) is 13.1 Å². The van der Waals surface area contributed by atoms with Crippen LogP contribution in [0.15, 0.2) is 42.7 Å². The Hall–Kier alpha value is -2.39. The van der Waals surface area contributed by atoms with Gasteiger partial charge in [0.15, 0.2) is 0 Å². The van der Waals surface area contributed by atoms with Crippen LogP contribution in [-0.2, 0) is 20.4 Å². The van der Waals surface area contributed by atoms with E-state index in [9.17, 15) is 13.2 Å². The largest absolute Gasteiger partial charge is 0.324 e. The zero-order chi connectivity index (χ0) is 18.9. The van der Waals surface area contributed by atoms with E-state index >= 15 is 0 Å². The average Bonchev–Trinajstić information content (AvgIpc) is 3.33. The summed E-state index contributed by atoms with van der Waals surface area (Å²) in [5, 5.41) is 10.6. The molecule has 8 nitrogen and oxygen atoms in total. The lowest BCUT2D eigenvalue weighted by molar-refractivity contribution is -0.126. The lowest BCUT2D eigenvalue weighted by Crippen LogP contribution is -2.52. The molecule has 144 valence electrons.